The maximum Gasteiger partial charge on any atom is 0.306 e. The maximum atomic E-state index is 12.8. The summed E-state index contributed by atoms with van der Waals surface area (Å²) in [5.41, 5.74) is 0. The molecular weight excluding hydrogens is 829 g/mol. The Morgan fingerprint density at radius 1 is 0.313 bits per heavy atom. The molecule has 6 heteroatoms. The maximum absolute atomic E-state index is 12.8. The second-order valence-electron chi connectivity index (χ2n) is 17.8. The second kappa shape index (κ2) is 54.7. The molecule has 0 aliphatic carbocycles. The summed E-state index contributed by atoms with van der Waals surface area (Å²) in [5.74, 6) is -0.980. The summed E-state index contributed by atoms with van der Waals surface area (Å²) in [6.45, 7) is 6.41. The van der Waals surface area contributed by atoms with Crippen LogP contribution in [0.1, 0.15) is 239 Å². The molecule has 0 saturated carbocycles. The zero-order valence-electron chi connectivity index (χ0n) is 43.4. The molecule has 0 N–H and O–H groups in total. The highest BCUT2D eigenvalue weighted by Gasteiger charge is 2.19. The Morgan fingerprint density at radius 2 is 0.612 bits per heavy atom. The molecule has 0 saturated heterocycles. The minimum Gasteiger partial charge on any atom is -0.462 e. The Hall–Kier alpha value is -3.93. The van der Waals surface area contributed by atoms with Crippen molar-refractivity contribution in [2.24, 2.45) is 0 Å². The van der Waals surface area contributed by atoms with Crippen LogP contribution in [-0.4, -0.2) is 37.2 Å². The van der Waals surface area contributed by atoms with Gasteiger partial charge in [0.15, 0.2) is 6.10 Å². The first-order chi connectivity index (χ1) is 33.0. The lowest BCUT2D eigenvalue weighted by Crippen LogP contribution is -2.30. The Balaban J connectivity index is 4.47. The van der Waals surface area contributed by atoms with Gasteiger partial charge < -0.3 is 14.2 Å². The van der Waals surface area contributed by atoms with Gasteiger partial charge in [-0.2, -0.15) is 0 Å². The van der Waals surface area contributed by atoms with Gasteiger partial charge in [0.25, 0.3) is 0 Å². The van der Waals surface area contributed by atoms with Crippen LogP contribution in [-0.2, 0) is 28.6 Å². The van der Waals surface area contributed by atoms with Crippen LogP contribution < -0.4 is 0 Å². The highest BCUT2D eigenvalue weighted by molar-refractivity contribution is 5.71. The molecule has 380 valence electrons. The SMILES string of the molecule is CC/C=C\C/C=C\C/C=C\C/C=C\C/C=C\C/C=C\C/C=C\CCCC(=O)OCC(COC(=O)CCCCCCCCCCCCCC)OC(=O)CCCCCCC/C=C\C/C=C\CCCC. The van der Waals surface area contributed by atoms with Gasteiger partial charge >= 0.3 is 17.9 Å². The van der Waals surface area contributed by atoms with Gasteiger partial charge in [0.2, 0.25) is 0 Å². The Kier molecular flexibility index (Phi) is 51.5. The molecule has 0 fully saturated rings. The van der Waals surface area contributed by atoms with Crippen molar-refractivity contribution in [3.8, 4) is 0 Å². The predicted molar refractivity (Wildman–Crippen MR) is 288 cm³/mol. The number of hydrogen-bond donors (Lipinski definition) is 0. The van der Waals surface area contributed by atoms with Crippen LogP contribution in [0, 0.1) is 0 Å². The average molecular weight is 929 g/mol. The number of carbonyl (C=O) groups is 3. The van der Waals surface area contributed by atoms with Gasteiger partial charge in [0, 0.05) is 19.3 Å². The van der Waals surface area contributed by atoms with Crippen LogP contribution in [0.5, 0.6) is 0 Å². The fourth-order valence-corrected chi connectivity index (χ4v) is 7.15. The standard InChI is InChI=1S/C61H100O6/c1-4-7-10-13-16-19-22-25-27-28-29-30-31-32-33-34-35-37-39-42-45-48-51-54-60(63)66-57-58(56-65-59(62)53-50-47-44-41-38-24-21-18-15-12-9-6-3)67-61(64)55-52-49-46-43-40-36-26-23-20-17-14-11-8-5-2/h7,10,14,16-17,19,23,25-27,29-30,32-33,35,37,42,45,58H,4-6,8-9,11-13,15,18,20-22,24,28,31,34,36,38-41,43-44,46-57H2,1-3H3/b10-7-,17-14-,19-16-,26-23-,27-25-,30-29-,33-32-,37-35-,45-42-. The van der Waals surface area contributed by atoms with E-state index in [1.165, 1.54) is 77.0 Å². The second-order valence-corrected chi connectivity index (χ2v) is 17.8. The van der Waals surface area contributed by atoms with E-state index < -0.39 is 6.10 Å². The lowest BCUT2D eigenvalue weighted by atomic mass is 10.0. The molecule has 0 spiro atoms. The summed E-state index contributed by atoms with van der Waals surface area (Å²) in [7, 11) is 0. The zero-order valence-corrected chi connectivity index (χ0v) is 43.4. The van der Waals surface area contributed by atoms with Crippen molar-refractivity contribution < 1.29 is 28.6 Å². The van der Waals surface area contributed by atoms with E-state index in [2.05, 4.69) is 130 Å². The zero-order chi connectivity index (χ0) is 48.6. The van der Waals surface area contributed by atoms with Gasteiger partial charge in [-0.3, -0.25) is 14.4 Å². The van der Waals surface area contributed by atoms with Crippen molar-refractivity contribution in [1.82, 2.24) is 0 Å². The van der Waals surface area contributed by atoms with E-state index in [4.69, 9.17) is 14.2 Å². The Labute approximate surface area is 412 Å². The Morgan fingerprint density at radius 3 is 1.01 bits per heavy atom. The normalized spacial score (nSPS) is 12.9. The molecule has 0 aromatic carbocycles. The van der Waals surface area contributed by atoms with Crippen molar-refractivity contribution in [2.45, 2.75) is 245 Å². The van der Waals surface area contributed by atoms with Crippen molar-refractivity contribution in [2.75, 3.05) is 13.2 Å². The fraction of sp³-hybridized carbons (Fsp3) is 0.656. The van der Waals surface area contributed by atoms with Gasteiger partial charge in [0.1, 0.15) is 13.2 Å². The molecule has 6 nitrogen and oxygen atoms in total. The van der Waals surface area contributed by atoms with Gasteiger partial charge in [-0.05, 0) is 96.3 Å². The molecule has 0 radical (unpaired) electrons. The highest BCUT2D eigenvalue weighted by Crippen LogP contribution is 2.14. The summed E-state index contributed by atoms with van der Waals surface area (Å²) >= 11 is 0. The first kappa shape index (κ1) is 63.1. The molecular formula is C61H100O6. The van der Waals surface area contributed by atoms with Gasteiger partial charge in [-0.25, -0.2) is 0 Å². The van der Waals surface area contributed by atoms with Crippen LogP contribution in [0.25, 0.3) is 0 Å². The third-order valence-corrected chi connectivity index (χ3v) is 11.3. The number of carbonyl (C=O) groups excluding carboxylic acids is 3. The van der Waals surface area contributed by atoms with Gasteiger partial charge in [-0.15, -0.1) is 0 Å². The van der Waals surface area contributed by atoms with Crippen LogP contribution in [0.3, 0.4) is 0 Å². The van der Waals surface area contributed by atoms with Crippen LogP contribution in [0.4, 0.5) is 0 Å². The van der Waals surface area contributed by atoms with E-state index in [-0.39, 0.29) is 37.5 Å². The van der Waals surface area contributed by atoms with Crippen molar-refractivity contribution in [3.63, 3.8) is 0 Å². The number of ether oxygens (including phenoxy) is 3. The van der Waals surface area contributed by atoms with E-state index in [1.54, 1.807) is 0 Å². The quantitative estimate of drug-likeness (QED) is 0.0262. The predicted octanol–water partition coefficient (Wildman–Crippen LogP) is 18.3. The molecule has 0 heterocycles. The van der Waals surface area contributed by atoms with E-state index in [0.29, 0.717) is 19.3 Å². The van der Waals surface area contributed by atoms with Gasteiger partial charge in [-0.1, -0.05) is 233 Å². The van der Waals surface area contributed by atoms with Crippen LogP contribution in [0.2, 0.25) is 0 Å². The smallest absolute Gasteiger partial charge is 0.306 e. The van der Waals surface area contributed by atoms with Gasteiger partial charge in [0.05, 0.1) is 0 Å². The van der Waals surface area contributed by atoms with Crippen LogP contribution in [0.15, 0.2) is 109 Å². The largest absolute Gasteiger partial charge is 0.462 e. The summed E-state index contributed by atoms with van der Waals surface area (Å²) in [6, 6.07) is 0. The van der Waals surface area contributed by atoms with E-state index in [1.807, 2.05) is 0 Å². The molecule has 0 aliphatic rings. The lowest BCUT2D eigenvalue weighted by Gasteiger charge is -2.18. The van der Waals surface area contributed by atoms with Crippen molar-refractivity contribution >= 4 is 17.9 Å². The minimum atomic E-state index is -0.808. The first-order valence-corrected chi connectivity index (χ1v) is 27.4. The monoisotopic (exact) mass is 929 g/mol. The van der Waals surface area contributed by atoms with E-state index in [9.17, 15) is 14.4 Å². The number of hydrogen-bond acceptors (Lipinski definition) is 6. The number of rotatable bonds is 48. The third kappa shape index (κ3) is 52.9. The number of allylic oxidation sites excluding steroid dienone is 18. The molecule has 0 rings (SSSR count). The summed E-state index contributed by atoms with van der Waals surface area (Å²) in [6.07, 6.45) is 73.6. The summed E-state index contributed by atoms with van der Waals surface area (Å²) in [4.78, 5) is 38.0. The number of esters is 3. The molecule has 1 atom stereocenters. The topological polar surface area (TPSA) is 78.9 Å². The van der Waals surface area contributed by atoms with Crippen LogP contribution >= 0.6 is 0 Å². The third-order valence-electron chi connectivity index (χ3n) is 11.3. The Bertz CT molecular complexity index is 1390. The lowest BCUT2D eigenvalue weighted by molar-refractivity contribution is -0.167. The molecule has 0 amide bonds. The molecule has 1 unspecified atom stereocenters. The summed E-state index contributed by atoms with van der Waals surface area (Å²) < 4.78 is 16.8. The molecule has 0 aromatic heterocycles. The van der Waals surface area contributed by atoms with E-state index in [0.717, 1.165) is 116 Å². The van der Waals surface area contributed by atoms with Crippen molar-refractivity contribution in [3.05, 3.63) is 109 Å². The highest BCUT2D eigenvalue weighted by atomic mass is 16.6. The molecule has 0 bridgehead atoms. The molecule has 0 aliphatic heterocycles. The molecule has 67 heavy (non-hydrogen) atoms. The van der Waals surface area contributed by atoms with Crippen molar-refractivity contribution in [1.29, 1.82) is 0 Å². The minimum absolute atomic E-state index is 0.102. The van der Waals surface area contributed by atoms with E-state index >= 15 is 0 Å². The first-order valence-electron chi connectivity index (χ1n) is 27.4. The molecule has 0 aromatic rings. The summed E-state index contributed by atoms with van der Waals surface area (Å²) in [5, 5.41) is 0. The average Bonchev–Trinajstić information content (AvgIpc) is 3.33. The number of unbranched alkanes of at least 4 members (excludes halogenated alkanes) is 19. The fourth-order valence-electron chi connectivity index (χ4n) is 7.15.